The van der Waals surface area contributed by atoms with Crippen molar-refractivity contribution in [2.24, 2.45) is 0 Å². The largest absolute Gasteiger partial charge is 0.459 e. The molecule has 0 radical (unpaired) electrons. The van der Waals surface area contributed by atoms with E-state index in [0.717, 1.165) is 18.4 Å². The van der Waals surface area contributed by atoms with Crippen molar-refractivity contribution in [3.63, 3.8) is 0 Å². The van der Waals surface area contributed by atoms with E-state index in [-0.39, 0.29) is 18.1 Å². The minimum atomic E-state index is -0.425. The number of carbonyl (C=O) groups excluding carboxylic acids is 1. The maximum absolute atomic E-state index is 11.9. The van der Waals surface area contributed by atoms with Crippen LogP contribution in [0.5, 0.6) is 0 Å². The minimum Gasteiger partial charge on any atom is -0.459 e. The molecule has 0 spiro atoms. The van der Waals surface area contributed by atoms with Crippen molar-refractivity contribution in [2.45, 2.75) is 51.3 Å². The van der Waals surface area contributed by atoms with Crippen LogP contribution in [0.4, 0.5) is 0 Å². The first-order valence-corrected chi connectivity index (χ1v) is 6.34. The van der Waals surface area contributed by atoms with Crippen molar-refractivity contribution >= 4 is 5.97 Å². The second kappa shape index (κ2) is 5.06. The van der Waals surface area contributed by atoms with Gasteiger partial charge in [-0.15, -0.1) is 0 Å². The summed E-state index contributed by atoms with van der Waals surface area (Å²) in [6.45, 7) is 5.66. The Hall–Kier alpha value is -1.42. The van der Waals surface area contributed by atoms with Gasteiger partial charge in [0.2, 0.25) is 0 Å². The zero-order valence-corrected chi connectivity index (χ0v) is 11.1. The SMILES string of the molecule is CC(C)(C)OC(=O)[C@H]1CC[C@@H](c2cccnc2)N1. The van der Waals surface area contributed by atoms with Crippen LogP contribution in [0.2, 0.25) is 0 Å². The molecule has 0 bridgehead atoms. The van der Waals surface area contributed by atoms with Crippen molar-refractivity contribution in [1.29, 1.82) is 0 Å². The summed E-state index contributed by atoms with van der Waals surface area (Å²) >= 11 is 0. The van der Waals surface area contributed by atoms with Gasteiger partial charge in [0.05, 0.1) is 0 Å². The summed E-state index contributed by atoms with van der Waals surface area (Å²) in [5, 5.41) is 3.32. The summed E-state index contributed by atoms with van der Waals surface area (Å²) in [6, 6.07) is 3.95. The maximum Gasteiger partial charge on any atom is 0.323 e. The third-order valence-corrected chi connectivity index (χ3v) is 2.92. The summed E-state index contributed by atoms with van der Waals surface area (Å²) in [7, 11) is 0. The highest BCUT2D eigenvalue weighted by Crippen LogP contribution is 2.27. The van der Waals surface area contributed by atoms with E-state index in [1.54, 1.807) is 6.20 Å². The van der Waals surface area contributed by atoms with Gasteiger partial charge in [-0.2, -0.15) is 0 Å². The van der Waals surface area contributed by atoms with Gasteiger partial charge in [-0.25, -0.2) is 0 Å². The van der Waals surface area contributed by atoms with E-state index < -0.39 is 5.60 Å². The molecule has 1 fully saturated rings. The highest BCUT2D eigenvalue weighted by Gasteiger charge is 2.32. The molecule has 4 heteroatoms. The number of nitrogens with zero attached hydrogens (tertiary/aromatic N) is 1. The Balaban J connectivity index is 1.95. The summed E-state index contributed by atoms with van der Waals surface area (Å²) in [5.74, 6) is -0.158. The fraction of sp³-hybridized carbons (Fsp3) is 0.571. The third-order valence-electron chi connectivity index (χ3n) is 2.92. The van der Waals surface area contributed by atoms with Crippen molar-refractivity contribution in [3.05, 3.63) is 30.1 Å². The van der Waals surface area contributed by atoms with E-state index in [2.05, 4.69) is 10.3 Å². The van der Waals surface area contributed by atoms with E-state index in [1.807, 2.05) is 39.1 Å². The Morgan fingerprint density at radius 1 is 1.44 bits per heavy atom. The van der Waals surface area contributed by atoms with E-state index >= 15 is 0 Å². The normalized spacial score (nSPS) is 23.9. The lowest BCUT2D eigenvalue weighted by molar-refractivity contribution is -0.157. The number of carbonyl (C=O) groups is 1. The molecule has 0 amide bonds. The molecule has 1 aliphatic rings. The first-order chi connectivity index (χ1) is 8.46. The van der Waals surface area contributed by atoms with Crippen LogP contribution in [-0.4, -0.2) is 22.6 Å². The Bertz CT molecular complexity index is 412. The van der Waals surface area contributed by atoms with Gasteiger partial charge in [-0.05, 0) is 45.2 Å². The molecule has 2 atom stereocenters. The summed E-state index contributed by atoms with van der Waals surface area (Å²) in [6.07, 6.45) is 5.35. The van der Waals surface area contributed by atoms with Crippen LogP contribution in [0.3, 0.4) is 0 Å². The Morgan fingerprint density at radius 2 is 2.22 bits per heavy atom. The standard InChI is InChI=1S/C14H20N2O2/c1-14(2,3)18-13(17)12-7-6-11(16-12)10-5-4-8-15-9-10/h4-5,8-9,11-12,16H,6-7H2,1-3H3/t11-,12+/m0/s1. The highest BCUT2D eigenvalue weighted by molar-refractivity contribution is 5.76. The molecule has 1 N–H and O–H groups in total. The van der Waals surface area contributed by atoms with Crippen LogP contribution < -0.4 is 5.32 Å². The van der Waals surface area contributed by atoms with Crippen LogP contribution >= 0.6 is 0 Å². The topological polar surface area (TPSA) is 51.2 Å². The zero-order valence-electron chi connectivity index (χ0n) is 11.1. The molecular weight excluding hydrogens is 228 g/mol. The molecule has 1 aliphatic heterocycles. The molecule has 0 aromatic carbocycles. The van der Waals surface area contributed by atoms with Crippen LogP contribution in [-0.2, 0) is 9.53 Å². The highest BCUT2D eigenvalue weighted by atomic mass is 16.6. The molecular formula is C14H20N2O2. The van der Waals surface area contributed by atoms with E-state index in [4.69, 9.17) is 4.74 Å². The number of rotatable bonds is 2. The van der Waals surface area contributed by atoms with Gasteiger partial charge >= 0.3 is 5.97 Å². The Kier molecular flexibility index (Phi) is 3.66. The minimum absolute atomic E-state index is 0.158. The second-order valence-corrected chi connectivity index (χ2v) is 5.67. The van der Waals surface area contributed by atoms with E-state index in [9.17, 15) is 4.79 Å². The molecule has 2 rings (SSSR count). The molecule has 98 valence electrons. The molecule has 1 aromatic heterocycles. The van der Waals surface area contributed by atoms with Gasteiger partial charge < -0.3 is 4.74 Å². The summed E-state index contributed by atoms with van der Waals surface area (Å²) in [4.78, 5) is 16.0. The van der Waals surface area contributed by atoms with Crippen LogP contribution in [0.15, 0.2) is 24.5 Å². The molecule has 0 saturated carbocycles. The van der Waals surface area contributed by atoms with Gasteiger partial charge in [0.25, 0.3) is 0 Å². The smallest absolute Gasteiger partial charge is 0.323 e. The number of pyridine rings is 1. The average molecular weight is 248 g/mol. The van der Waals surface area contributed by atoms with E-state index in [0.29, 0.717) is 0 Å². The summed E-state index contributed by atoms with van der Waals surface area (Å²) in [5.41, 5.74) is 0.703. The first-order valence-electron chi connectivity index (χ1n) is 6.34. The van der Waals surface area contributed by atoms with Crippen LogP contribution in [0, 0.1) is 0 Å². The molecule has 1 saturated heterocycles. The van der Waals surface area contributed by atoms with Crippen molar-refractivity contribution in [1.82, 2.24) is 10.3 Å². The predicted octanol–water partition coefficient (Wildman–Crippen LogP) is 2.22. The van der Waals surface area contributed by atoms with Crippen molar-refractivity contribution < 1.29 is 9.53 Å². The second-order valence-electron chi connectivity index (χ2n) is 5.67. The number of nitrogens with one attached hydrogen (secondary N) is 1. The lowest BCUT2D eigenvalue weighted by atomic mass is 10.1. The third kappa shape index (κ3) is 3.29. The van der Waals surface area contributed by atoms with Crippen LogP contribution in [0.1, 0.15) is 45.2 Å². The maximum atomic E-state index is 11.9. The molecule has 0 aliphatic carbocycles. The number of hydrogen-bond donors (Lipinski definition) is 1. The van der Waals surface area contributed by atoms with E-state index in [1.165, 1.54) is 0 Å². The van der Waals surface area contributed by atoms with Gasteiger partial charge in [0.15, 0.2) is 0 Å². The monoisotopic (exact) mass is 248 g/mol. The molecule has 1 aromatic rings. The van der Waals surface area contributed by atoms with Crippen LogP contribution in [0.25, 0.3) is 0 Å². The predicted molar refractivity (Wildman–Crippen MR) is 69.0 cm³/mol. The van der Waals surface area contributed by atoms with Gasteiger partial charge in [0.1, 0.15) is 11.6 Å². The molecule has 4 nitrogen and oxygen atoms in total. The van der Waals surface area contributed by atoms with Crippen molar-refractivity contribution in [2.75, 3.05) is 0 Å². The molecule has 2 heterocycles. The quantitative estimate of drug-likeness (QED) is 0.815. The number of aromatic nitrogens is 1. The Labute approximate surface area is 108 Å². The van der Waals surface area contributed by atoms with Gasteiger partial charge in [0, 0.05) is 18.4 Å². The first kappa shape index (κ1) is 13.0. The lowest BCUT2D eigenvalue weighted by Gasteiger charge is -2.22. The fourth-order valence-electron chi connectivity index (χ4n) is 2.15. The average Bonchev–Trinajstić information content (AvgIpc) is 2.77. The summed E-state index contributed by atoms with van der Waals surface area (Å²) < 4.78 is 5.39. The van der Waals surface area contributed by atoms with Crippen molar-refractivity contribution in [3.8, 4) is 0 Å². The number of esters is 1. The number of ether oxygens (including phenoxy) is 1. The zero-order chi connectivity index (χ0) is 13.2. The van der Waals surface area contributed by atoms with Gasteiger partial charge in [-0.3, -0.25) is 15.1 Å². The van der Waals surface area contributed by atoms with Gasteiger partial charge in [-0.1, -0.05) is 6.07 Å². The fourth-order valence-corrected chi connectivity index (χ4v) is 2.15. The molecule has 18 heavy (non-hydrogen) atoms. The number of hydrogen-bond acceptors (Lipinski definition) is 4. The Morgan fingerprint density at radius 3 is 2.83 bits per heavy atom. The molecule has 0 unspecified atom stereocenters. The lowest BCUT2D eigenvalue weighted by Crippen LogP contribution is -2.38.